The SMILES string of the molecule is COc1cc(C)c(C)cc1S(=O)(=O)N1CCC(NC(=O)c2ccccc2O)CC1. The average molecular weight is 419 g/mol. The lowest BCUT2D eigenvalue weighted by Gasteiger charge is -2.32. The van der Waals surface area contributed by atoms with Crippen molar-refractivity contribution in [1.82, 2.24) is 9.62 Å². The molecule has 2 N–H and O–H groups in total. The molecule has 0 aliphatic carbocycles. The maximum atomic E-state index is 13.2. The summed E-state index contributed by atoms with van der Waals surface area (Å²) >= 11 is 0. The second-order valence-electron chi connectivity index (χ2n) is 7.26. The molecule has 0 saturated carbocycles. The number of sulfonamides is 1. The van der Waals surface area contributed by atoms with Crippen LogP contribution >= 0.6 is 0 Å². The number of methoxy groups -OCH3 is 1. The molecule has 0 aromatic heterocycles. The van der Waals surface area contributed by atoms with Gasteiger partial charge in [0.15, 0.2) is 0 Å². The number of aryl methyl sites for hydroxylation is 2. The molecule has 1 amide bonds. The number of phenolic OH excluding ortho intramolecular Hbond substituents is 1. The molecule has 1 saturated heterocycles. The van der Waals surface area contributed by atoms with Crippen molar-refractivity contribution < 1.29 is 23.1 Å². The molecule has 1 aliphatic rings. The van der Waals surface area contributed by atoms with Crippen LogP contribution in [0.3, 0.4) is 0 Å². The van der Waals surface area contributed by atoms with Crippen molar-refractivity contribution in [1.29, 1.82) is 0 Å². The summed E-state index contributed by atoms with van der Waals surface area (Å²) in [4.78, 5) is 12.5. The van der Waals surface area contributed by atoms with E-state index in [0.29, 0.717) is 31.7 Å². The normalized spacial score (nSPS) is 15.8. The number of ether oxygens (including phenoxy) is 1. The molecule has 3 rings (SSSR count). The van der Waals surface area contributed by atoms with Crippen LogP contribution in [0.5, 0.6) is 11.5 Å². The maximum Gasteiger partial charge on any atom is 0.255 e. The van der Waals surface area contributed by atoms with Crippen LogP contribution in [0, 0.1) is 13.8 Å². The Labute approximate surface area is 171 Å². The molecular weight excluding hydrogens is 392 g/mol. The number of nitrogens with zero attached hydrogens (tertiary/aromatic N) is 1. The fraction of sp³-hybridized carbons (Fsp3) is 0.381. The summed E-state index contributed by atoms with van der Waals surface area (Å²) in [5, 5.41) is 12.7. The molecule has 29 heavy (non-hydrogen) atoms. The van der Waals surface area contributed by atoms with E-state index in [1.165, 1.54) is 17.5 Å². The minimum atomic E-state index is -3.70. The van der Waals surface area contributed by atoms with Crippen molar-refractivity contribution >= 4 is 15.9 Å². The Balaban J connectivity index is 1.70. The Hall–Kier alpha value is -2.58. The van der Waals surface area contributed by atoms with Gasteiger partial charge in [-0.1, -0.05) is 12.1 Å². The number of nitrogens with one attached hydrogen (secondary N) is 1. The van der Waals surface area contributed by atoms with Gasteiger partial charge in [0.1, 0.15) is 16.4 Å². The highest BCUT2D eigenvalue weighted by atomic mass is 32.2. The van der Waals surface area contributed by atoms with Crippen molar-refractivity contribution in [2.45, 2.75) is 37.6 Å². The first-order valence-corrected chi connectivity index (χ1v) is 10.9. The van der Waals surface area contributed by atoms with Crippen LogP contribution in [-0.2, 0) is 10.0 Å². The van der Waals surface area contributed by atoms with Crippen molar-refractivity contribution in [2.24, 2.45) is 0 Å². The third-order valence-corrected chi connectivity index (χ3v) is 7.26. The first kappa shape index (κ1) is 21.1. The van der Waals surface area contributed by atoms with E-state index in [-0.39, 0.29) is 28.2 Å². The molecular formula is C21H26N2O5S. The van der Waals surface area contributed by atoms with E-state index >= 15 is 0 Å². The van der Waals surface area contributed by atoms with Crippen LogP contribution in [0.25, 0.3) is 0 Å². The second-order valence-corrected chi connectivity index (χ2v) is 9.16. The van der Waals surface area contributed by atoms with Gasteiger partial charge in [-0.15, -0.1) is 0 Å². The number of para-hydroxylation sites is 1. The predicted molar refractivity (Wildman–Crippen MR) is 110 cm³/mol. The average Bonchev–Trinajstić information content (AvgIpc) is 2.70. The monoisotopic (exact) mass is 418 g/mol. The summed E-state index contributed by atoms with van der Waals surface area (Å²) in [5.41, 5.74) is 2.06. The number of aromatic hydroxyl groups is 1. The molecule has 7 nitrogen and oxygen atoms in total. The number of hydrogen-bond acceptors (Lipinski definition) is 5. The standard InChI is InChI=1S/C21H26N2O5S/c1-14-12-19(28-3)20(13-15(14)2)29(26,27)23-10-8-16(9-11-23)22-21(25)17-6-4-5-7-18(17)24/h4-7,12-13,16,24H,8-11H2,1-3H3,(H,22,25). The van der Waals surface area contributed by atoms with Gasteiger partial charge in [0.05, 0.1) is 12.7 Å². The molecule has 1 heterocycles. The van der Waals surface area contributed by atoms with Crippen LogP contribution in [0.1, 0.15) is 34.3 Å². The van der Waals surface area contributed by atoms with E-state index in [4.69, 9.17) is 4.74 Å². The molecule has 0 radical (unpaired) electrons. The van der Waals surface area contributed by atoms with Gasteiger partial charge in [-0.25, -0.2) is 8.42 Å². The number of rotatable bonds is 5. The first-order chi connectivity index (χ1) is 13.7. The topological polar surface area (TPSA) is 95.9 Å². The van der Waals surface area contributed by atoms with E-state index in [1.807, 2.05) is 13.8 Å². The van der Waals surface area contributed by atoms with E-state index in [9.17, 15) is 18.3 Å². The molecule has 0 spiro atoms. The first-order valence-electron chi connectivity index (χ1n) is 9.48. The van der Waals surface area contributed by atoms with Crippen LogP contribution in [0.2, 0.25) is 0 Å². The Bertz CT molecular complexity index is 1010. The Kier molecular flexibility index (Phi) is 6.14. The lowest BCUT2D eigenvalue weighted by atomic mass is 10.1. The van der Waals surface area contributed by atoms with Crippen LogP contribution in [0.15, 0.2) is 41.3 Å². The van der Waals surface area contributed by atoms with Crippen LogP contribution < -0.4 is 10.1 Å². The third kappa shape index (κ3) is 4.38. The lowest BCUT2D eigenvalue weighted by Crippen LogP contribution is -2.46. The molecule has 1 fully saturated rings. The third-order valence-electron chi connectivity index (χ3n) is 5.34. The molecule has 0 bridgehead atoms. The number of carbonyl (C=O) groups excluding carboxylic acids is 1. The molecule has 2 aromatic carbocycles. The van der Waals surface area contributed by atoms with Gasteiger partial charge in [-0.05, 0) is 62.1 Å². The molecule has 0 atom stereocenters. The minimum absolute atomic E-state index is 0.0770. The van der Waals surface area contributed by atoms with Crippen LogP contribution in [-0.4, -0.2) is 50.0 Å². The molecule has 1 aliphatic heterocycles. The number of hydrogen-bond donors (Lipinski definition) is 2. The fourth-order valence-corrected chi connectivity index (χ4v) is 5.12. The van der Waals surface area contributed by atoms with E-state index < -0.39 is 10.0 Å². The van der Waals surface area contributed by atoms with Gasteiger partial charge >= 0.3 is 0 Å². The summed E-state index contributed by atoms with van der Waals surface area (Å²) in [6.45, 7) is 4.37. The summed E-state index contributed by atoms with van der Waals surface area (Å²) < 4.78 is 33.0. The van der Waals surface area contributed by atoms with Crippen LogP contribution in [0.4, 0.5) is 0 Å². The highest BCUT2D eigenvalue weighted by molar-refractivity contribution is 7.89. The van der Waals surface area contributed by atoms with E-state index in [2.05, 4.69) is 5.32 Å². The van der Waals surface area contributed by atoms with Gasteiger partial charge in [0, 0.05) is 19.1 Å². The van der Waals surface area contributed by atoms with Crippen molar-refractivity contribution in [3.63, 3.8) is 0 Å². The number of phenols is 1. The Morgan fingerprint density at radius 2 is 1.76 bits per heavy atom. The largest absolute Gasteiger partial charge is 0.507 e. The molecule has 8 heteroatoms. The number of carbonyl (C=O) groups is 1. The van der Waals surface area contributed by atoms with Gasteiger partial charge in [-0.2, -0.15) is 4.31 Å². The number of amides is 1. The van der Waals surface area contributed by atoms with E-state index in [0.717, 1.165) is 11.1 Å². The number of piperidine rings is 1. The van der Waals surface area contributed by atoms with Crippen molar-refractivity contribution in [2.75, 3.05) is 20.2 Å². The highest BCUT2D eigenvalue weighted by Crippen LogP contribution is 2.31. The Morgan fingerprint density at radius 3 is 2.38 bits per heavy atom. The smallest absolute Gasteiger partial charge is 0.255 e. The van der Waals surface area contributed by atoms with Gasteiger partial charge in [0.25, 0.3) is 5.91 Å². The maximum absolute atomic E-state index is 13.2. The summed E-state index contributed by atoms with van der Waals surface area (Å²) in [6, 6.07) is 9.57. The van der Waals surface area contributed by atoms with Crippen molar-refractivity contribution in [3.05, 3.63) is 53.1 Å². The molecule has 0 unspecified atom stereocenters. The zero-order chi connectivity index (χ0) is 21.2. The number of benzene rings is 2. The highest BCUT2D eigenvalue weighted by Gasteiger charge is 2.32. The van der Waals surface area contributed by atoms with E-state index in [1.54, 1.807) is 30.3 Å². The second kappa shape index (κ2) is 8.42. The van der Waals surface area contributed by atoms with Gasteiger partial charge < -0.3 is 15.2 Å². The minimum Gasteiger partial charge on any atom is -0.507 e. The fourth-order valence-electron chi connectivity index (χ4n) is 3.43. The zero-order valence-corrected chi connectivity index (χ0v) is 17.6. The van der Waals surface area contributed by atoms with Crippen molar-refractivity contribution in [3.8, 4) is 11.5 Å². The van der Waals surface area contributed by atoms with Gasteiger partial charge in [0.2, 0.25) is 10.0 Å². The molecule has 2 aromatic rings. The quantitative estimate of drug-likeness (QED) is 0.778. The summed E-state index contributed by atoms with van der Waals surface area (Å²) in [7, 11) is -2.24. The summed E-state index contributed by atoms with van der Waals surface area (Å²) in [6.07, 6.45) is 0.984. The summed E-state index contributed by atoms with van der Waals surface area (Å²) in [5.74, 6) is -0.102. The Morgan fingerprint density at radius 1 is 1.14 bits per heavy atom. The zero-order valence-electron chi connectivity index (χ0n) is 16.8. The van der Waals surface area contributed by atoms with Gasteiger partial charge in [-0.3, -0.25) is 4.79 Å². The predicted octanol–water partition coefficient (Wildman–Crippen LogP) is 2.60. The lowest BCUT2D eigenvalue weighted by molar-refractivity contribution is 0.0921. The molecule has 156 valence electrons.